The molecule has 102 valence electrons. The first kappa shape index (κ1) is 12.0. The summed E-state index contributed by atoms with van der Waals surface area (Å²) in [6.45, 7) is 0. The number of hydrogen-bond acceptors (Lipinski definition) is 7. The van der Waals surface area contributed by atoms with E-state index in [0.717, 1.165) is 0 Å². The number of nitro groups is 1. The van der Waals surface area contributed by atoms with E-state index in [4.69, 9.17) is 5.73 Å². The van der Waals surface area contributed by atoms with Crippen LogP contribution in [0.25, 0.3) is 22.6 Å². The number of imidazole rings is 1. The SMILES string of the molecule is Cn1c([N+](=O)[O-])cnc1-c1nn(C)c2ncnc(N)c12. The van der Waals surface area contributed by atoms with Crippen LogP contribution in [0.2, 0.25) is 0 Å². The highest BCUT2D eigenvalue weighted by molar-refractivity contribution is 5.96. The Hall–Kier alpha value is -3.04. The normalized spacial score (nSPS) is 11.1. The Balaban J connectivity index is 2.33. The lowest BCUT2D eigenvalue weighted by atomic mass is 10.2. The fourth-order valence-corrected chi connectivity index (χ4v) is 2.06. The summed E-state index contributed by atoms with van der Waals surface area (Å²) in [6, 6.07) is 0. The minimum Gasteiger partial charge on any atom is -0.383 e. The molecular weight excluding hydrogens is 264 g/mol. The first-order chi connectivity index (χ1) is 9.50. The molecule has 3 aromatic rings. The molecule has 0 amide bonds. The van der Waals surface area contributed by atoms with Crippen LogP contribution < -0.4 is 5.73 Å². The summed E-state index contributed by atoms with van der Waals surface area (Å²) in [4.78, 5) is 22.4. The number of hydrogen-bond donors (Lipinski definition) is 1. The molecule has 3 heterocycles. The van der Waals surface area contributed by atoms with Crippen molar-refractivity contribution in [2.45, 2.75) is 0 Å². The van der Waals surface area contributed by atoms with Crippen LogP contribution in [0.15, 0.2) is 12.5 Å². The molecule has 0 aliphatic heterocycles. The predicted octanol–water partition coefficient (Wildman–Crippen LogP) is 0.254. The van der Waals surface area contributed by atoms with E-state index in [2.05, 4.69) is 20.1 Å². The van der Waals surface area contributed by atoms with Crippen molar-refractivity contribution in [2.75, 3.05) is 5.73 Å². The molecule has 0 atom stereocenters. The van der Waals surface area contributed by atoms with E-state index >= 15 is 0 Å². The van der Waals surface area contributed by atoms with Gasteiger partial charge in [0.1, 0.15) is 18.3 Å². The van der Waals surface area contributed by atoms with Gasteiger partial charge in [0, 0.05) is 7.05 Å². The lowest BCUT2D eigenvalue weighted by molar-refractivity contribution is -0.391. The third kappa shape index (κ3) is 1.51. The molecule has 0 spiro atoms. The molecule has 0 saturated heterocycles. The fraction of sp³-hybridized carbons (Fsp3) is 0.200. The summed E-state index contributed by atoms with van der Waals surface area (Å²) in [5.74, 6) is 0.460. The molecule has 10 heteroatoms. The Morgan fingerprint density at radius 2 is 2.05 bits per heavy atom. The van der Waals surface area contributed by atoms with Crippen molar-refractivity contribution >= 4 is 22.7 Å². The largest absolute Gasteiger partial charge is 0.383 e. The molecule has 3 rings (SSSR count). The van der Waals surface area contributed by atoms with Crippen molar-refractivity contribution < 1.29 is 4.92 Å². The van der Waals surface area contributed by atoms with Gasteiger partial charge in [-0.1, -0.05) is 0 Å². The molecule has 2 N–H and O–H groups in total. The maximum Gasteiger partial charge on any atom is 0.342 e. The zero-order valence-electron chi connectivity index (χ0n) is 10.7. The minimum atomic E-state index is -0.512. The van der Waals surface area contributed by atoms with Gasteiger partial charge in [0.15, 0.2) is 11.3 Å². The summed E-state index contributed by atoms with van der Waals surface area (Å²) < 4.78 is 2.87. The number of aromatic nitrogens is 6. The van der Waals surface area contributed by atoms with Crippen LogP contribution in [0, 0.1) is 10.1 Å². The van der Waals surface area contributed by atoms with Gasteiger partial charge >= 0.3 is 5.82 Å². The molecule has 0 unspecified atom stereocenters. The molecule has 20 heavy (non-hydrogen) atoms. The van der Waals surface area contributed by atoms with Gasteiger partial charge in [0.25, 0.3) is 0 Å². The fourth-order valence-electron chi connectivity index (χ4n) is 2.06. The van der Waals surface area contributed by atoms with E-state index in [0.29, 0.717) is 22.6 Å². The van der Waals surface area contributed by atoms with Crippen molar-refractivity contribution in [1.29, 1.82) is 0 Å². The van der Waals surface area contributed by atoms with Crippen molar-refractivity contribution in [3.05, 3.63) is 22.6 Å². The standard InChI is InChI=1S/C10H10N8O2/c1-16-5(18(19)20)3-12-10(16)7-6-8(11)13-4-14-9(6)17(2)15-7/h3-4H,1-2H3,(H2,11,13,14). The molecule has 0 saturated carbocycles. The van der Waals surface area contributed by atoms with Crippen LogP contribution >= 0.6 is 0 Å². The number of aryl methyl sites for hydroxylation is 1. The maximum atomic E-state index is 10.9. The van der Waals surface area contributed by atoms with Crippen molar-refractivity contribution in [2.24, 2.45) is 14.1 Å². The topological polar surface area (TPSA) is 131 Å². The van der Waals surface area contributed by atoms with Crippen LogP contribution in [0.3, 0.4) is 0 Å². The summed E-state index contributed by atoms with van der Waals surface area (Å²) in [7, 11) is 3.25. The van der Waals surface area contributed by atoms with Crippen LogP contribution in [0.1, 0.15) is 0 Å². The van der Waals surface area contributed by atoms with Crippen molar-refractivity contribution in [1.82, 2.24) is 29.3 Å². The molecule has 0 aromatic carbocycles. The molecule has 0 aliphatic rings. The Morgan fingerprint density at radius 1 is 1.30 bits per heavy atom. The Labute approximate surface area is 112 Å². The van der Waals surface area contributed by atoms with Crippen LogP contribution in [0.4, 0.5) is 11.6 Å². The Bertz CT molecular complexity index is 833. The number of nitrogens with zero attached hydrogens (tertiary/aromatic N) is 7. The monoisotopic (exact) mass is 274 g/mol. The van der Waals surface area contributed by atoms with Gasteiger partial charge < -0.3 is 15.8 Å². The van der Waals surface area contributed by atoms with E-state index in [1.54, 1.807) is 14.1 Å². The average molecular weight is 274 g/mol. The van der Waals surface area contributed by atoms with Crippen LogP contribution in [0.5, 0.6) is 0 Å². The molecule has 3 aromatic heterocycles. The number of anilines is 1. The molecular formula is C10H10N8O2. The number of nitrogen functional groups attached to an aromatic ring is 1. The minimum absolute atomic E-state index is 0.130. The van der Waals surface area contributed by atoms with Gasteiger partial charge in [0.05, 0.1) is 12.4 Å². The van der Waals surface area contributed by atoms with Gasteiger partial charge in [0.2, 0.25) is 5.82 Å². The molecule has 0 aliphatic carbocycles. The van der Waals surface area contributed by atoms with Gasteiger partial charge in [-0.05, 0) is 4.92 Å². The third-order valence-corrected chi connectivity index (χ3v) is 3.01. The summed E-state index contributed by atoms with van der Waals surface area (Å²) in [5.41, 5.74) is 6.80. The summed E-state index contributed by atoms with van der Waals surface area (Å²) >= 11 is 0. The van der Waals surface area contributed by atoms with E-state index in [1.165, 1.54) is 21.8 Å². The van der Waals surface area contributed by atoms with E-state index < -0.39 is 4.92 Å². The molecule has 0 fully saturated rings. The summed E-state index contributed by atoms with van der Waals surface area (Å²) in [5, 5.41) is 15.7. The quantitative estimate of drug-likeness (QED) is 0.523. The highest BCUT2D eigenvalue weighted by Gasteiger charge is 2.24. The Kier molecular flexibility index (Phi) is 2.39. The van der Waals surface area contributed by atoms with Crippen LogP contribution in [-0.4, -0.2) is 34.2 Å². The third-order valence-electron chi connectivity index (χ3n) is 3.01. The van der Waals surface area contributed by atoms with Gasteiger partial charge in [-0.25, -0.2) is 24.2 Å². The molecule has 0 bridgehead atoms. The highest BCUT2D eigenvalue weighted by atomic mass is 16.6. The second-order valence-corrected chi connectivity index (χ2v) is 4.19. The average Bonchev–Trinajstić information content (AvgIpc) is 2.92. The zero-order chi connectivity index (χ0) is 14.4. The highest BCUT2D eigenvalue weighted by Crippen LogP contribution is 2.30. The Morgan fingerprint density at radius 3 is 2.70 bits per heavy atom. The molecule has 0 radical (unpaired) electrons. The first-order valence-electron chi connectivity index (χ1n) is 5.60. The van der Waals surface area contributed by atoms with Gasteiger partial charge in [-0.15, -0.1) is 0 Å². The summed E-state index contributed by atoms with van der Waals surface area (Å²) in [6.07, 6.45) is 2.51. The smallest absolute Gasteiger partial charge is 0.342 e. The number of fused-ring (bicyclic) bond motifs is 1. The zero-order valence-corrected chi connectivity index (χ0v) is 10.7. The van der Waals surface area contributed by atoms with Gasteiger partial charge in [-0.2, -0.15) is 5.10 Å². The lowest BCUT2D eigenvalue weighted by Gasteiger charge is -1.97. The van der Waals surface area contributed by atoms with Gasteiger partial charge in [-0.3, -0.25) is 0 Å². The van der Waals surface area contributed by atoms with E-state index in [-0.39, 0.29) is 11.6 Å². The number of rotatable bonds is 2. The second kappa shape index (κ2) is 3.98. The van der Waals surface area contributed by atoms with Crippen molar-refractivity contribution in [3.8, 4) is 11.5 Å². The maximum absolute atomic E-state index is 10.9. The predicted molar refractivity (Wildman–Crippen MR) is 69.6 cm³/mol. The van der Waals surface area contributed by atoms with Crippen LogP contribution in [-0.2, 0) is 14.1 Å². The number of nitrogens with two attached hydrogens (primary N) is 1. The van der Waals surface area contributed by atoms with E-state index in [1.807, 2.05) is 0 Å². The second-order valence-electron chi connectivity index (χ2n) is 4.19. The van der Waals surface area contributed by atoms with Crippen molar-refractivity contribution in [3.63, 3.8) is 0 Å². The molecule has 10 nitrogen and oxygen atoms in total. The van der Waals surface area contributed by atoms with E-state index in [9.17, 15) is 10.1 Å². The lowest BCUT2D eigenvalue weighted by Crippen LogP contribution is -2.00. The first-order valence-corrected chi connectivity index (χ1v) is 5.60.